The predicted molar refractivity (Wildman–Crippen MR) is 112 cm³/mol. The van der Waals surface area contributed by atoms with Gasteiger partial charge in [-0.2, -0.15) is 0 Å². The van der Waals surface area contributed by atoms with Gasteiger partial charge in [-0.3, -0.25) is 9.78 Å². The number of nitrogens with zero attached hydrogens (tertiary/aromatic N) is 3. The zero-order chi connectivity index (χ0) is 20.5. The Bertz CT molecular complexity index is 1160. The molecule has 29 heavy (non-hydrogen) atoms. The van der Waals surface area contributed by atoms with Crippen molar-refractivity contribution in [3.8, 4) is 20.3 Å². The molecule has 4 rings (SSSR count). The average Bonchev–Trinajstić information content (AvgIpc) is 3.38. The van der Waals surface area contributed by atoms with E-state index in [0.717, 1.165) is 43.2 Å². The third-order valence-electron chi connectivity index (χ3n) is 4.05. The fraction of sp³-hybridized carbons (Fsp3) is 0.158. The van der Waals surface area contributed by atoms with Crippen LogP contribution in [0.3, 0.4) is 0 Å². The molecule has 0 bridgehead atoms. The topological polar surface area (TPSA) is 67.8 Å². The quantitative estimate of drug-likeness (QED) is 0.440. The Morgan fingerprint density at radius 1 is 1.10 bits per heavy atom. The number of benzene rings is 1. The van der Waals surface area contributed by atoms with E-state index in [4.69, 9.17) is 0 Å². The van der Waals surface area contributed by atoms with Crippen molar-refractivity contribution in [3.05, 3.63) is 57.8 Å². The molecule has 0 unspecified atom stereocenters. The summed E-state index contributed by atoms with van der Waals surface area (Å²) in [7, 11) is 0. The third-order valence-corrected chi connectivity index (χ3v) is 7.05. The molecule has 0 aliphatic carbocycles. The number of carbonyl (C=O) groups excluding carboxylic acids is 1. The number of hydrogen-bond donors (Lipinski definition) is 1. The second kappa shape index (κ2) is 8.05. The van der Waals surface area contributed by atoms with Crippen molar-refractivity contribution in [3.63, 3.8) is 0 Å². The standard InChI is InChI=1S/C19H14F2N4OS3/c1-9-17(28-10(2)23-9)16-18(14-7-22-8-27-14)29-19(25-16)24-15(26)6-11-12(20)4-3-5-13(11)21/h3-5,7-8H,6H2,1-2H3,(H,24,25,26). The van der Waals surface area contributed by atoms with Gasteiger partial charge < -0.3 is 5.32 Å². The maximum atomic E-state index is 13.8. The Morgan fingerprint density at radius 3 is 2.48 bits per heavy atom. The molecule has 148 valence electrons. The van der Waals surface area contributed by atoms with Gasteiger partial charge in [0.15, 0.2) is 5.13 Å². The van der Waals surface area contributed by atoms with Crippen LogP contribution in [0.1, 0.15) is 16.3 Å². The van der Waals surface area contributed by atoms with Gasteiger partial charge >= 0.3 is 0 Å². The van der Waals surface area contributed by atoms with Gasteiger partial charge in [0.25, 0.3) is 0 Å². The lowest BCUT2D eigenvalue weighted by Crippen LogP contribution is -2.16. The summed E-state index contributed by atoms with van der Waals surface area (Å²) in [5.74, 6) is -2.04. The molecule has 0 atom stereocenters. The molecule has 3 aromatic heterocycles. The van der Waals surface area contributed by atoms with E-state index in [1.165, 1.54) is 40.1 Å². The summed E-state index contributed by atoms with van der Waals surface area (Å²) in [5.41, 5.74) is 3.03. The van der Waals surface area contributed by atoms with E-state index in [1.807, 2.05) is 13.8 Å². The molecule has 1 aromatic carbocycles. The molecule has 0 fully saturated rings. The number of aromatic nitrogens is 3. The van der Waals surface area contributed by atoms with Crippen LogP contribution in [-0.2, 0) is 11.2 Å². The lowest BCUT2D eigenvalue weighted by molar-refractivity contribution is -0.115. The van der Waals surface area contributed by atoms with Crippen molar-refractivity contribution in [2.45, 2.75) is 20.3 Å². The number of hydrogen-bond acceptors (Lipinski definition) is 7. The van der Waals surface area contributed by atoms with Gasteiger partial charge in [-0.15, -0.1) is 22.7 Å². The molecule has 0 radical (unpaired) electrons. The van der Waals surface area contributed by atoms with Crippen LogP contribution in [0.5, 0.6) is 0 Å². The molecular weight excluding hydrogens is 434 g/mol. The average molecular weight is 449 g/mol. The van der Waals surface area contributed by atoms with E-state index in [9.17, 15) is 13.6 Å². The van der Waals surface area contributed by atoms with Crippen LogP contribution in [0, 0.1) is 25.5 Å². The van der Waals surface area contributed by atoms with E-state index in [2.05, 4.69) is 20.3 Å². The number of rotatable bonds is 5. The minimum Gasteiger partial charge on any atom is -0.302 e. The molecule has 4 aromatic rings. The van der Waals surface area contributed by atoms with Crippen molar-refractivity contribution < 1.29 is 13.6 Å². The van der Waals surface area contributed by atoms with Gasteiger partial charge in [0.05, 0.1) is 37.3 Å². The van der Waals surface area contributed by atoms with Gasteiger partial charge in [0, 0.05) is 11.8 Å². The van der Waals surface area contributed by atoms with Crippen LogP contribution in [0.15, 0.2) is 29.9 Å². The summed E-state index contributed by atoms with van der Waals surface area (Å²) in [6.07, 6.45) is 1.33. The van der Waals surface area contributed by atoms with Crippen LogP contribution in [0.25, 0.3) is 20.3 Å². The summed E-state index contributed by atoms with van der Waals surface area (Å²) in [4.78, 5) is 28.3. The Kier molecular flexibility index (Phi) is 5.48. The summed E-state index contributed by atoms with van der Waals surface area (Å²) in [6, 6.07) is 3.52. The fourth-order valence-corrected chi connectivity index (χ4v) is 5.50. The SMILES string of the molecule is Cc1nc(C)c(-c2nc(NC(=O)Cc3c(F)cccc3F)sc2-c2cncs2)s1. The van der Waals surface area contributed by atoms with Gasteiger partial charge in [-0.1, -0.05) is 17.4 Å². The first-order valence-electron chi connectivity index (χ1n) is 8.49. The van der Waals surface area contributed by atoms with Crippen LogP contribution in [0.4, 0.5) is 13.9 Å². The van der Waals surface area contributed by atoms with E-state index in [0.29, 0.717) is 5.13 Å². The summed E-state index contributed by atoms with van der Waals surface area (Å²) in [6.45, 7) is 3.83. The number of halogens is 2. The Labute approximate surface area is 177 Å². The number of nitrogens with one attached hydrogen (secondary N) is 1. The summed E-state index contributed by atoms with van der Waals surface area (Å²) in [5, 5.41) is 3.94. The zero-order valence-electron chi connectivity index (χ0n) is 15.3. The molecule has 0 saturated heterocycles. The van der Waals surface area contributed by atoms with Crippen molar-refractivity contribution in [1.29, 1.82) is 0 Å². The first-order chi connectivity index (χ1) is 13.9. The third kappa shape index (κ3) is 4.09. The fourth-order valence-electron chi connectivity index (χ4n) is 2.80. The minimum atomic E-state index is -0.749. The monoisotopic (exact) mass is 448 g/mol. The molecule has 1 N–H and O–H groups in total. The van der Waals surface area contributed by atoms with Crippen molar-refractivity contribution in [2.75, 3.05) is 5.32 Å². The lowest BCUT2D eigenvalue weighted by atomic mass is 10.1. The molecule has 0 saturated carbocycles. The molecule has 0 spiro atoms. The highest BCUT2D eigenvalue weighted by atomic mass is 32.1. The van der Waals surface area contributed by atoms with Gasteiger partial charge in [-0.05, 0) is 26.0 Å². The van der Waals surface area contributed by atoms with Crippen LogP contribution in [0.2, 0.25) is 0 Å². The highest BCUT2D eigenvalue weighted by Crippen LogP contribution is 2.43. The normalized spacial score (nSPS) is 11.0. The Hall–Kier alpha value is -2.56. The number of thiazole rings is 3. The highest BCUT2D eigenvalue weighted by molar-refractivity contribution is 7.24. The predicted octanol–water partition coefficient (Wildman–Crippen LogP) is 5.47. The first kappa shape index (κ1) is 19.7. The van der Waals surface area contributed by atoms with Crippen molar-refractivity contribution in [1.82, 2.24) is 15.0 Å². The lowest BCUT2D eigenvalue weighted by Gasteiger charge is -2.04. The summed E-state index contributed by atoms with van der Waals surface area (Å²) < 4.78 is 27.7. The molecule has 1 amide bonds. The second-order valence-corrected chi connectivity index (χ2v) is 9.22. The van der Waals surface area contributed by atoms with E-state index < -0.39 is 24.0 Å². The Morgan fingerprint density at radius 2 is 1.86 bits per heavy atom. The van der Waals surface area contributed by atoms with E-state index in [-0.39, 0.29) is 5.56 Å². The van der Waals surface area contributed by atoms with Crippen molar-refractivity contribution >= 4 is 45.0 Å². The Balaban J connectivity index is 1.66. The van der Waals surface area contributed by atoms with Crippen LogP contribution >= 0.6 is 34.0 Å². The zero-order valence-corrected chi connectivity index (χ0v) is 17.8. The van der Waals surface area contributed by atoms with E-state index in [1.54, 1.807) is 11.7 Å². The number of amides is 1. The maximum absolute atomic E-state index is 13.8. The van der Waals surface area contributed by atoms with Crippen LogP contribution < -0.4 is 5.32 Å². The molecule has 0 aliphatic rings. The number of aryl methyl sites for hydroxylation is 2. The molecule has 5 nitrogen and oxygen atoms in total. The highest BCUT2D eigenvalue weighted by Gasteiger charge is 2.21. The number of anilines is 1. The molecule has 10 heteroatoms. The second-order valence-electron chi connectivity index (χ2n) is 6.14. The summed E-state index contributed by atoms with van der Waals surface area (Å²) >= 11 is 4.29. The van der Waals surface area contributed by atoms with Gasteiger partial charge in [0.2, 0.25) is 5.91 Å². The minimum absolute atomic E-state index is 0.265. The van der Waals surface area contributed by atoms with E-state index >= 15 is 0 Å². The first-order valence-corrected chi connectivity index (χ1v) is 11.0. The molecule has 3 heterocycles. The smallest absolute Gasteiger partial charge is 0.230 e. The molecular formula is C19H14F2N4OS3. The molecule has 0 aliphatic heterocycles. The van der Waals surface area contributed by atoms with Crippen LogP contribution in [-0.4, -0.2) is 20.9 Å². The maximum Gasteiger partial charge on any atom is 0.230 e. The van der Waals surface area contributed by atoms with Gasteiger partial charge in [-0.25, -0.2) is 18.7 Å². The van der Waals surface area contributed by atoms with Gasteiger partial charge in [0.1, 0.15) is 17.3 Å². The number of carbonyl (C=O) groups is 1. The largest absolute Gasteiger partial charge is 0.302 e. The van der Waals surface area contributed by atoms with Crippen molar-refractivity contribution in [2.24, 2.45) is 0 Å².